The fourth-order valence-corrected chi connectivity index (χ4v) is 3.08. The summed E-state index contributed by atoms with van der Waals surface area (Å²) in [5, 5.41) is 34.0. The van der Waals surface area contributed by atoms with Gasteiger partial charge in [0.1, 0.15) is 6.73 Å². The van der Waals surface area contributed by atoms with E-state index in [2.05, 4.69) is 16.0 Å². The molecule has 3 aromatic carbocycles. The van der Waals surface area contributed by atoms with Crippen LogP contribution in [0.25, 0.3) is 0 Å². The maximum atomic E-state index is 12.7. The van der Waals surface area contributed by atoms with Crippen LogP contribution in [0.2, 0.25) is 0 Å². The third kappa shape index (κ3) is 4.53. The molecule has 0 heterocycles. The molecule has 0 radical (unpaired) electrons. The summed E-state index contributed by atoms with van der Waals surface area (Å²) >= 11 is 0. The Morgan fingerprint density at radius 3 is 2.40 bits per heavy atom. The first-order valence-corrected chi connectivity index (χ1v) is 9.34. The van der Waals surface area contributed by atoms with E-state index in [4.69, 9.17) is 10.8 Å². The second-order valence-electron chi connectivity index (χ2n) is 6.49. The summed E-state index contributed by atoms with van der Waals surface area (Å²) in [6.45, 7) is -0.273. The molecule has 7 nitrogen and oxygen atoms in total. The van der Waals surface area contributed by atoms with Crippen LogP contribution in [0.5, 0.6) is 0 Å². The largest absolute Gasteiger partial charge is 0.388 e. The van der Waals surface area contributed by atoms with E-state index in [1.807, 2.05) is 30.3 Å². The summed E-state index contributed by atoms with van der Waals surface area (Å²) in [5.74, 6) is -0.319. The standard InChI is InChI=1S/C23H23N5O2/c1-26-20-9-7-16(11-17(20)13-24)23(30)28-18-8-10-21(27-14-29)19(12-18)22(25)15-5-3-2-4-6-15/h2-13,24-27,29H,14H2,1H3,(H,28,30). The van der Waals surface area contributed by atoms with Gasteiger partial charge in [0.15, 0.2) is 0 Å². The van der Waals surface area contributed by atoms with Gasteiger partial charge >= 0.3 is 0 Å². The molecule has 1 amide bonds. The van der Waals surface area contributed by atoms with Gasteiger partial charge in [0, 0.05) is 52.6 Å². The number of hydrogen-bond donors (Lipinski definition) is 6. The van der Waals surface area contributed by atoms with Crippen molar-refractivity contribution < 1.29 is 9.90 Å². The highest BCUT2D eigenvalue weighted by Gasteiger charge is 2.14. The number of nitrogens with one attached hydrogen (secondary N) is 5. The molecule has 0 fully saturated rings. The van der Waals surface area contributed by atoms with E-state index in [1.54, 1.807) is 43.4 Å². The minimum Gasteiger partial charge on any atom is -0.388 e. The summed E-state index contributed by atoms with van der Waals surface area (Å²) in [7, 11) is 1.76. The first-order chi connectivity index (χ1) is 14.6. The van der Waals surface area contributed by atoms with E-state index in [1.165, 1.54) is 6.21 Å². The van der Waals surface area contributed by atoms with Gasteiger partial charge < -0.3 is 26.5 Å². The third-order valence-corrected chi connectivity index (χ3v) is 4.62. The Hall–Kier alpha value is -3.97. The fraction of sp³-hybridized carbons (Fsp3) is 0.0870. The van der Waals surface area contributed by atoms with Crippen molar-refractivity contribution in [1.82, 2.24) is 0 Å². The average Bonchev–Trinajstić information content (AvgIpc) is 2.79. The third-order valence-electron chi connectivity index (χ3n) is 4.62. The molecule has 3 rings (SSSR count). The Morgan fingerprint density at radius 1 is 1.00 bits per heavy atom. The first kappa shape index (κ1) is 20.8. The topological polar surface area (TPSA) is 121 Å². The van der Waals surface area contributed by atoms with Crippen LogP contribution in [0.1, 0.15) is 27.0 Å². The molecule has 30 heavy (non-hydrogen) atoms. The lowest BCUT2D eigenvalue weighted by Crippen LogP contribution is -2.14. The summed E-state index contributed by atoms with van der Waals surface area (Å²) in [4.78, 5) is 12.7. The number of hydrogen-bond acceptors (Lipinski definition) is 6. The van der Waals surface area contributed by atoms with Gasteiger partial charge in [0.25, 0.3) is 5.91 Å². The van der Waals surface area contributed by atoms with Crippen molar-refractivity contribution in [2.24, 2.45) is 0 Å². The van der Waals surface area contributed by atoms with Gasteiger partial charge in [-0.1, -0.05) is 30.3 Å². The molecule has 0 aliphatic heterocycles. The van der Waals surface area contributed by atoms with Gasteiger partial charge in [-0.05, 0) is 36.4 Å². The van der Waals surface area contributed by atoms with E-state index in [0.717, 1.165) is 11.3 Å². The van der Waals surface area contributed by atoms with E-state index < -0.39 is 0 Å². The molecular weight excluding hydrogens is 378 g/mol. The van der Waals surface area contributed by atoms with Crippen molar-refractivity contribution in [1.29, 1.82) is 10.8 Å². The van der Waals surface area contributed by atoms with Crippen molar-refractivity contribution in [2.45, 2.75) is 0 Å². The van der Waals surface area contributed by atoms with E-state index in [-0.39, 0.29) is 18.3 Å². The number of carbonyl (C=O) groups excluding carboxylic acids is 1. The average molecular weight is 401 g/mol. The molecule has 3 aromatic rings. The van der Waals surface area contributed by atoms with Gasteiger partial charge in [-0.3, -0.25) is 10.2 Å². The minimum atomic E-state index is -0.319. The number of benzene rings is 3. The van der Waals surface area contributed by atoms with Crippen molar-refractivity contribution >= 4 is 34.9 Å². The Bertz CT molecular complexity index is 1080. The molecule has 6 N–H and O–H groups in total. The highest BCUT2D eigenvalue weighted by molar-refractivity contribution is 6.15. The molecule has 0 saturated carbocycles. The predicted molar refractivity (Wildman–Crippen MR) is 121 cm³/mol. The molecule has 0 atom stereocenters. The maximum Gasteiger partial charge on any atom is 0.255 e. The predicted octanol–water partition coefficient (Wildman–Crippen LogP) is 3.76. The van der Waals surface area contributed by atoms with E-state index in [0.29, 0.717) is 28.1 Å². The summed E-state index contributed by atoms with van der Waals surface area (Å²) < 4.78 is 0. The van der Waals surface area contributed by atoms with Crippen LogP contribution in [0.15, 0.2) is 66.7 Å². The second kappa shape index (κ2) is 9.49. The number of rotatable bonds is 8. The maximum absolute atomic E-state index is 12.7. The summed E-state index contributed by atoms with van der Waals surface area (Å²) in [6, 6.07) is 19.4. The van der Waals surface area contributed by atoms with Crippen molar-refractivity contribution in [3.05, 3.63) is 89.0 Å². The van der Waals surface area contributed by atoms with Gasteiger partial charge in [0.2, 0.25) is 0 Å². The molecule has 0 unspecified atom stereocenters. The number of aliphatic hydroxyl groups excluding tert-OH is 1. The van der Waals surface area contributed by atoms with Crippen LogP contribution >= 0.6 is 0 Å². The molecule has 152 valence electrons. The molecule has 7 heteroatoms. The zero-order valence-electron chi connectivity index (χ0n) is 16.5. The Morgan fingerprint density at radius 2 is 1.73 bits per heavy atom. The molecule has 0 aromatic heterocycles. The monoisotopic (exact) mass is 401 g/mol. The number of anilines is 3. The lowest BCUT2D eigenvalue weighted by Gasteiger charge is -2.15. The van der Waals surface area contributed by atoms with Crippen LogP contribution in [-0.4, -0.2) is 36.7 Å². The Labute approximate surface area is 174 Å². The summed E-state index contributed by atoms with van der Waals surface area (Å²) in [5.41, 5.74) is 4.46. The Balaban J connectivity index is 1.90. The van der Waals surface area contributed by atoms with E-state index in [9.17, 15) is 9.90 Å². The first-order valence-electron chi connectivity index (χ1n) is 9.34. The fourth-order valence-electron chi connectivity index (χ4n) is 3.08. The summed E-state index contributed by atoms with van der Waals surface area (Å²) in [6.07, 6.45) is 1.19. The lowest BCUT2D eigenvalue weighted by molar-refractivity contribution is 0.102. The van der Waals surface area contributed by atoms with Gasteiger partial charge in [-0.2, -0.15) is 0 Å². The van der Waals surface area contributed by atoms with Crippen molar-refractivity contribution in [3.8, 4) is 0 Å². The van der Waals surface area contributed by atoms with Gasteiger partial charge in [0.05, 0.1) is 5.71 Å². The molecule has 0 bridgehead atoms. The zero-order valence-corrected chi connectivity index (χ0v) is 16.5. The highest BCUT2D eigenvalue weighted by Crippen LogP contribution is 2.24. The molecule has 0 saturated heterocycles. The van der Waals surface area contributed by atoms with Crippen molar-refractivity contribution in [3.63, 3.8) is 0 Å². The normalized spacial score (nSPS) is 10.2. The number of amides is 1. The molecule has 0 spiro atoms. The van der Waals surface area contributed by atoms with Gasteiger partial charge in [-0.25, -0.2) is 0 Å². The van der Waals surface area contributed by atoms with Crippen LogP contribution in [-0.2, 0) is 0 Å². The number of carbonyl (C=O) groups is 1. The second-order valence-corrected chi connectivity index (χ2v) is 6.49. The van der Waals surface area contributed by atoms with Crippen LogP contribution in [0, 0.1) is 10.8 Å². The molecule has 0 aliphatic carbocycles. The van der Waals surface area contributed by atoms with E-state index >= 15 is 0 Å². The minimum absolute atomic E-state index is 0.270. The lowest BCUT2D eigenvalue weighted by atomic mass is 10.00. The van der Waals surface area contributed by atoms with Crippen LogP contribution in [0.3, 0.4) is 0 Å². The number of aliphatic hydroxyl groups is 1. The highest BCUT2D eigenvalue weighted by atomic mass is 16.3. The molecule has 0 aliphatic rings. The van der Waals surface area contributed by atoms with Crippen LogP contribution in [0.4, 0.5) is 17.1 Å². The Kier molecular flexibility index (Phi) is 6.56. The zero-order chi connectivity index (χ0) is 21.5. The smallest absolute Gasteiger partial charge is 0.255 e. The SMILES string of the molecule is CNc1ccc(C(=O)Nc2ccc(NCO)c(C(=N)c3ccccc3)c2)cc1C=N. The molecular formula is C23H23N5O2. The quantitative estimate of drug-likeness (QED) is 0.254. The van der Waals surface area contributed by atoms with Gasteiger partial charge in [-0.15, -0.1) is 0 Å². The van der Waals surface area contributed by atoms with Crippen molar-refractivity contribution in [2.75, 3.05) is 29.7 Å². The van der Waals surface area contributed by atoms with Crippen LogP contribution < -0.4 is 16.0 Å².